The Labute approximate surface area is 134 Å². The molecular weight excluding hydrogens is 300 g/mol. The van der Waals surface area contributed by atoms with E-state index in [9.17, 15) is 14.4 Å². The molecule has 7 nitrogen and oxygen atoms in total. The van der Waals surface area contributed by atoms with Gasteiger partial charge in [-0.25, -0.2) is 0 Å². The monoisotopic (exact) mass is 320 g/mol. The summed E-state index contributed by atoms with van der Waals surface area (Å²) in [5, 5.41) is 8.92. The molecule has 1 aromatic rings. The Morgan fingerprint density at radius 2 is 2.04 bits per heavy atom. The fourth-order valence-electron chi connectivity index (χ4n) is 2.48. The highest BCUT2D eigenvalue weighted by Gasteiger charge is 2.33. The molecule has 0 bridgehead atoms. The molecule has 1 unspecified atom stereocenters. The van der Waals surface area contributed by atoms with Gasteiger partial charge in [-0.05, 0) is 25.5 Å². The van der Waals surface area contributed by atoms with Crippen molar-refractivity contribution >= 4 is 23.5 Å². The van der Waals surface area contributed by atoms with Crippen LogP contribution in [0.2, 0.25) is 0 Å². The smallest absolute Gasteiger partial charge is 0.323 e. The largest absolute Gasteiger partial charge is 0.480 e. The fourth-order valence-corrected chi connectivity index (χ4v) is 2.48. The van der Waals surface area contributed by atoms with Crippen LogP contribution in [0, 0.1) is 0 Å². The predicted molar refractivity (Wildman–Crippen MR) is 83.4 cm³/mol. The Balaban J connectivity index is 2.21. The van der Waals surface area contributed by atoms with Gasteiger partial charge in [0, 0.05) is 6.54 Å². The summed E-state index contributed by atoms with van der Waals surface area (Å²) in [7, 11) is 0. The maximum absolute atomic E-state index is 12.4. The lowest BCUT2D eigenvalue weighted by Crippen LogP contribution is -2.50. The molecule has 2 amide bonds. The minimum absolute atomic E-state index is 0.198. The van der Waals surface area contributed by atoms with Gasteiger partial charge in [-0.2, -0.15) is 0 Å². The molecule has 1 aliphatic heterocycles. The first-order valence-corrected chi connectivity index (χ1v) is 7.50. The molecule has 0 spiro atoms. The molecule has 0 saturated carbocycles. The molecule has 1 atom stereocenters. The van der Waals surface area contributed by atoms with E-state index >= 15 is 0 Å². The Morgan fingerprint density at radius 1 is 1.35 bits per heavy atom. The lowest BCUT2D eigenvalue weighted by atomic mass is 10.2. The van der Waals surface area contributed by atoms with Crippen molar-refractivity contribution in [2.75, 3.05) is 24.5 Å². The first kappa shape index (κ1) is 16.8. The minimum atomic E-state index is -1.08. The van der Waals surface area contributed by atoms with Gasteiger partial charge in [-0.3, -0.25) is 19.3 Å². The molecule has 1 heterocycles. The number of ether oxygens (including phenoxy) is 1. The van der Waals surface area contributed by atoms with Gasteiger partial charge in [0.1, 0.15) is 18.8 Å². The van der Waals surface area contributed by atoms with Crippen LogP contribution in [0.1, 0.15) is 20.3 Å². The topological polar surface area (TPSA) is 87.2 Å². The summed E-state index contributed by atoms with van der Waals surface area (Å²) in [4.78, 5) is 38.3. The molecule has 7 heteroatoms. The normalized spacial score (nSPS) is 16.5. The van der Waals surface area contributed by atoms with E-state index in [1.165, 1.54) is 9.80 Å². The molecular formula is C16H20N2O5. The van der Waals surface area contributed by atoms with Crippen molar-refractivity contribution in [2.24, 2.45) is 0 Å². The molecule has 1 aromatic carbocycles. The Kier molecular flexibility index (Phi) is 5.20. The lowest BCUT2D eigenvalue weighted by Gasteiger charge is -2.33. The quantitative estimate of drug-likeness (QED) is 0.849. The average Bonchev–Trinajstić information content (AvgIpc) is 2.50. The number of anilines is 1. The zero-order valence-electron chi connectivity index (χ0n) is 13.2. The van der Waals surface area contributed by atoms with Gasteiger partial charge in [0.05, 0.1) is 5.69 Å². The number of carboxylic acid groups (broad SMARTS) is 1. The number of para-hydroxylation sites is 2. The van der Waals surface area contributed by atoms with E-state index in [4.69, 9.17) is 9.84 Å². The second-order valence-electron chi connectivity index (χ2n) is 5.36. The van der Waals surface area contributed by atoms with Crippen molar-refractivity contribution in [3.63, 3.8) is 0 Å². The molecule has 1 aliphatic rings. The summed E-state index contributed by atoms with van der Waals surface area (Å²) in [6.07, 6.45) is -0.0416. The highest BCUT2D eigenvalue weighted by molar-refractivity contribution is 6.03. The SMILES string of the molecule is CCCN(CC(=O)O)C(=O)CN1C(=O)C(C)Oc2ccccc21. The van der Waals surface area contributed by atoms with E-state index in [0.717, 1.165) is 0 Å². The first-order valence-electron chi connectivity index (χ1n) is 7.50. The van der Waals surface area contributed by atoms with Crippen LogP contribution in [0.3, 0.4) is 0 Å². The number of fused-ring (bicyclic) bond motifs is 1. The lowest BCUT2D eigenvalue weighted by molar-refractivity contribution is -0.144. The van der Waals surface area contributed by atoms with Gasteiger partial charge >= 0.3 is 5.97 Å². The van der Waals surface area contributed by atoms with Crippen LogP contribution in [0.4, 0.5) is 5.69 Å². The van der Waals surface area contributed by atoms with Crippen molar-refractivity contribution in [3.8, 4) is 5.75 Å². The van der Waals surface area contributed by atoms with Crippen LogP contribution in [-0.4, -0.2) is 53.5 Å². The minimum Gasteiger partial charge on any atom is -0.480 e. The van der Waals surface area contributed by atoms with Gasteiger partial charge in [0.25, 0.3) is 5.91 Å². The Hall–Kier alpha value is -2.57. The maximum atomic E-state index is 12.4. The number of carbonyl (C=O) groups is 3. The summed E-state index contributed by atoms with van der Waals surface area (Å²) in [5.74, 6) is -1.25. The van der Waals surface area contributed by atoms with E-state index in [1.54, 1.807) is 31.2 Å². The van der Waals surface area contributed by atoms with Crippen LogP contribution in [0.25, 0.3) is 0 Å². The third kappa shape index (κ3) is 3.80. The van der Waals surface area contributed by atoms with Crippen LogP contribution in [-0.2, 0) is 14.4 Å². The molecule has 0 fully saturated rings. The van der Waals surface area contributed by atoms with Gasteiger partial charge in [-0.15, -0.1) is 0 Å². The van der Waals surface area contributed by atoms with E-state index in [-0.39, 0.29) is 19.0 Å². The standard InChI is InChI=1S/C16H20N2O5/c1-3-8-17(10-15(20)21)14(19)9-18-12-6-4-5-7-13(12)23-11(2)16(18)22/h4-7,11H,3,8-10H2,1-2H3,(H,20,21). The van der Waals surface area contributed by atoms with Crippen molar-refractivity contribution in [2.45, 2.75) is 26.4 Å². The Morgan fingerprint density at radius 3 is 2.70 bits per heavy atom. The van der Waals surface area contributed by atoms with E-state index in [1.807, 2.05) is 6.92 Å². The molecule has 1 N–H and O–H groups in total. The fraction of sp³-hybridized carbons (Fsp3) is 0.438. The molecule has 0 aromatic heterocycles. The van der Waals surface area contributed by atoms with E-state index in [2.05, 4.69) is 0 Å². The summed E-state index contributed by atoms with van der Waals surface area (Å²) in [6.45, 7) is 3.25. The van der Waals surface area contributed by atoms with Crippen LogP contribution in [0.5, 0.6) is 5.75 Å². The summed E-state index contributed by atoms with van der Waals surface area (Å²) >= 11 is 0. The number of benzene rings is 1. The highest BCUT2D eigenvalue weighted by atomic mass is 16.5. The average molecular weight is 320 g/mol. The van der Waals surface area contributed by atoms with Crippen molar-refractivity contribution < 1.29 is 24.2 Å². The van der Waals surface area contributed by atoms with Gasteiger partial charge in [0.2, 0.25) is 5.91 Å². The maximum Gasteiger partial charge on any atom is 0.323 e. The molecule has 0 radical (unpaired) electrons. The molecule has 23 heavy (non-hydrogen) atoms. The van der Waals surface area contributed by atoms with Gasteiger partial charge in [0.15, 0.2) is 6.10 Å². The number of carbonyl (C=O) groups excluding carboxylic acids is 2. The number of aliphatic carboxylic acids is 1. The van der Waals surface area contributed by atoms with Crippen molar-refractivity contribution in [1.82, 2.24) is 4.90 Å². The van der Waals surface area contributed by atoms with E-state index < -0.39 is 18.0 Å². The Bertz CT molecular complexity index is 616. The van der Waals surface area contributed by atoms with E-state index in [0.29, 0.717) is 24.4 Å². The summed E-state index contributed by atoms with van der Waals surface area (Å²) < 4.78 is 5.52. The second kappa shape index (κ2) is 7.13. The number of amides is 2. The zero-order valence-corrected chi connectivity index (χ0v) is 13.2. The first-order chi connectivity index (χ1) is 10.9. The third-order valence-electron chi connectivity index (χ3n) is 3.54. The summed E-state index contributed by atoms with van der Waals surface area (Å²) in [6, 6.07) is 6.98. The zero-order chi connectivity index (χ0) is 17.0. The van der Waals surface area contributed by atoms with Crippen LogP contribution >= 0.6 is 0 Å². The predicted octanol–water partition coefficient (Wildman–Crippen LogP) is 1.12. The number of hydrogen-bond donors (Lipinski definition) is 1. The van der Waals surface area contributed by atoms with Gasteiger partial charge < -0.3 is 14.7 Å². The molecule has 2 rings (SSSR count). The molecule has 124 valence electrons. The van der Waals surface area contributed by atoms with Crippen LogP contribution in [0.15, 0.2) is 24.3 Å². The molecule has 0 aliphatic carbocycles. The van der Waals surface area contributed by atoms with Crippen molar-refractivity contribution in [3.05, 3.63) is 24.3 Å². The molecule has 0 saturated heterocycles. The van der Waals surface area contributed by atoms with Gasteiger partial charge in [-0.1, -0.05) is 19.1 Å². The number of rotatable bonds is 6. The third-order valence-corrected chi connectivity index (χ3v) is 3.54. The number of carboxylic acids is 1. The van der Waals surface area contributed by atoms with Crippen LogP contribution < -0.4 is 9.64 Å². The highest BCUT2D eigenvalue weighted by Crippen LogP contribution is 2.33. The number of nitrogens with zero attached hydrogens (tertiary/aromatic N) is 2. The number of hydrogen-bond acceptors (Lipinski definition) is 4. The summed E-state index contributed by atoms with van der Waals surface area (Å²) in [5.41, 5.74) is 0.524. The van der Waals surface area contributed by atoms with Crippen molar-refractivity contribution in [1.29, 1.82) is 0 Å². The second-order valence-corrected chi connectivity index (χ2v) is 5.36.